The fourth-order valence-electron chi connectivity index (χ4n) is 8.95. The number of carbonyl (C=O) groups is 1. The van der Waals surface area contributed by atoms with Crippen LogP contribution in [0.4, 0.5) is 17.1 Å². The van der Waals surface area contributed by atoms with Gasteiger partial charge in [-0.25, -0.2) is 18.1 Å². The van der Waals surface area contributed by atoms with Crippen molar-refractivity contribution in [2.24, 2.45) is 17.3 Å². The van der Waals surface area contributed by atoms with Crippen molar-refractivity contribution in [3.8, 4) is 17.6 Å². The number of aromatic amines is 1. The van der Waals surface area contributed by atoms with Gasteiger partial charge in [-0.15, -0.1) is 0 Å². The molecule has 16 heteroatoms. The van der Waals surface area contributed by atoms with Gasteiger partial charge in [0.25, 0.3) is 21.6 Å². The molecule has 2 aliphatic carbocycles. The van der Waals surface area contributed by atoms with Crippen molar-refractivity contribution in [1.82, 2.24) is 19.6 Å². The van der Waals surface area contributed by atoms with Crippen LogP contribution >= 0.6 is 11.6 Å². The van der Waals surface area contributed by atoms with Gasteiger partial charge in [0.05, 0.1) is 27.6 Å². The van der Waals surface area contributed by atoms with Crippen molar-refractivity contribution < 1.29 is 22.9 Å². The third kappa shape index (κ3) is 10.3. The van der Waals surface area contributed by atoms with E-state index in [1.165, 1.54) is 41.1 Å². The molecular formula is C47H51ClN8O6S. The predicted molar refractivity (Wildman–Crippen MR) is 245 cm³/mol. The minimum absolute atomic E-state index is 0.0298. The van der Waals surface area contributed by atoms with Gasteiger partial charge < -0.3 is 19.9 Å². The summed E-state index contributed by atoms with van der Waals surface area (Å²) in [5.74, 6) is -0.233. The van der Waals surface area contributed by atoms with Gasteiger partial charge in [-0.2, -0.15) is 5.26 Å². The lowest BCUT2D eigenvalue weighted by Crippen LogP contribution is -2.47. The number of nitriles is 1. The lowest BCUT2D eigenvalue weighted by Gasteiger charge is -2.39. The maximum absolute atomic E-state index is 13.9. The van der Waals surface area contributed by atoms with Crippen molar-refractivity contribution in [1.29, 1.82) is 5.26 Å². The van der Waals surface area contributed by atoms with E-state index in [-0.39, 0.29) is 34.3 Å². The van der Waals surface area contributed by atoms with Gasteiger partial charge in [0.2, 0.25) is 0 Å². The van der Waals surface area contributed by atoms with E-state index in [1.54, 1.807) is 24.4 Å². The summed E-state index contributed by atoms with van der Waals surface area (Å²) in [4.78, 5) is 37.2. The number of pyridine rings is 1. The van der Waals surface area contributed by atoms with E-state index in [4.69, 9.17) is 16.3 Å². The number of allylic oxidation sites excluding steroid dienone is 1. The molecule has 0 spiro atoms. The van der Waals surface area contributed by atoms with Crippen LogP contribution in [0.5, 0.6) is 11.5 Å². The second-order valence-corrected chi connectivity index (χ2v) is 19.8. The molecule has 1 amide bonds. The predicted octanol–water partition coefficient (Wildman–Crippen LogP) is 9.56. The Labute approximate surface area is 372 Å². The number of aromatic nitrogens is 2. The molecule has 1 aliphatic heterocycles. The largest absolute Gasteiger partial charge is 0.455 e. The smallest absolute Gasteiger partial charge is 0.293 e. The number of anilines is 2. The molecule has 3 aromatic carbocycles. The minimum atomic E-state index is -4.58. The van der Waals surface area contributed by atoms with Gasteiger partial charge in [-0.1, -0.05) is 43.2 Å². The maximum Gasteiger partial charge on any atom is 0.293 e. The first-order valence-electron chi connectivity index (χ1n) is 21.4. The zero-order valence-corrected chi connectivity index (χ0v) is 37.0. The molecule has 2 aromatic heterocycles. The Kier molecular flexibility index (Phi) is 12.8. The fourth-order valence-corrected chi connectivity index (χ4v) is 10.1. The Morgan fingerprint density at radius 1 is 1.03 bits per heavy atom. The van der Waals surface area contributed by atoms with E-state index < -0.39 is 31.4 Å². The van der Waals surface area contributed by atoms with Crippen molar-refractivity contribution in [2.45, 2.75) is 63.7 Å². The van der Waals surface area contributed by atoms with Crippen molar-refractivity contribution in [3.05, 3.63) is 117 Å². The Bertz CT molecular complexity index is 2700. The Morgan fingerprint density at radius 2 is 1.79 bits per heavy atom. The lowest BCUT2D eigenvalue weighted by atomic mass is 9.72. The number of ether oxygens (including phenoxy) is 1. The Balaban J connectivity index is 0.992. The number of rotatable bonds is 13. The molecule has 0 unspecified atom stereocenters. The average Bonchev–Trinajstić information content (AvgIpc) is 3.75. The number of amides is 1. The van der Waals surface area contributed by atoms with Crippen LogP contribution < -0.4 is 19.7 Å². The molecule has 14 nitrogen and oxygen atoms in total. The van der Waals surface area contributed by atoms with E-state index >= 15 is 0 Å². The van der Waals surface area contributed by atoms with Gasteiger partial charge in [0.15, 0.2) is 0 Å². The molecule has 3 heterocycles. The monoisotopic (exact) mass is 890 g/mol. The highest BCUT2D eigenvalue weighted by atomic mass is 35.5. The lowest BCUT2D eigenvalue weighted by molar-refractivity contribution is -0.384. The summed E-state index contributed by atoms with van der Waals surface area (Å²) in [7, 11) is -4.58. The average molecular weight is 891 g/mol. The van der Waals surface area contributed by atoms with Crippen LogP contribution in [0.1, 0.15) is 74.7 Å². The molecule has 3 aliphatic rings. The second kappa shape index (κ2) is 18.4. The van der Waals surface area contributed by atoms with E-state index in [0.717, 1.165) is 99.8 Å². The molecule has 0 atom stereocenters. The second-order valence-electron chi connectivity index (χ2n) is 17.7. The van der Waals surface area contributed by atoms with E-state index in [1.807, 2.05) is 18.2 Å². The van der Waals surface area contributed by atoms with E-state index in [2.05, 4.69) is 61.9 Å². The van der Waals surface area contributed by atoms with Crippen molar-refractivity contribution in [3.63, 3.8) is 0 Å². The van der Waals surface area contributed by atoms with Crippen LogP contribution in [-0.4, -0.2) is 73.4 Å². The highest BCUT2D eigenvalue weighted by Crippen LogP contribution is 2.43. The number of nitro groups is 1. The molecule has 3 N–H and O–H groups in total. The zero-order chi connectivity index (χ0) is 44.3. The molecule has 2 fully saturated rings. The first-order chi connectivity index (χ1) is 30.2. The molecule has 1 saturated heterocycles. The molecule has 0 radical (unpaired) electrons. The van der Waals surface area contributed by atoms with Crippen LogP contribution in [0.15, 0.2) is 95.7 Å². The number of benzene rings is 3. The first kappa shape index (κ1) is 43.7. The number of halogens is 1. The van der Waals surface area contributed by atoms with Crippen LogP contribution in [0.25, 0.3) is 16.6 Å². The van der Waals surface area contributed by atoms with Gasteiger partial charge in [0, 0.05) is 79.6 Å². The molecule has 0 bridgehead atoms. The van der Waals surface area contributed by atoms with Crippen LogP contribution in [0.2, 0.25) is 5.02 Å². The summed E-state index contributed by atoms with van der Waals surface area (Å²) < 4.78 is 35.9. The summed E-state index contributed by atoms with van der Waals surface area (Å²) >= 11 is 6.24. The van der Waals surface area contributed by atoms with Gasteiger partial charge in [-0.3, -0.25) is 19.8 Å². The number of hydrogen-bond donors (Lipinski definition) is 3. The Morgan fingerprint density at radius 3 is 2.52 bits per heavy atom. The number of nitrogens with zero attached hydrogens (tertiary/aromatic N) is 5. The SMILES string of the molecule is CC1(C)CCC(CN2CCN(c3ccc(C(=O)NS(=O)(=O)c4ccc(NC[C@H]5CC[C@H](C#N)CC5)c([N+](=O)[O-])c4)c(Oc4cnc5[nH]ccc5c4)c3)CC2)=C(c2ccc(Cl)cc2)C1. The number of carbonyl (C=O) groups excluding carboxylic acids is 1. The maximum atomic E-state index is 13.9. The van der Waals surface area contributed by atoms with Crippen molar-refractivity contribution >= 4 is 61.2 Å². The number of hydrogen-bond acceptors (Lipinski definition) is 11. The third-order valence-electron chi connectivity index (χ3n) is 12.7. The topological polar surface area (TPSA) is 187 Å². The number of sulfonamides is 1. The van der Waals surface area contributed by atoms with E-state index in [0.29, 0.717) is 17.9 Å². The van der Waals surface area contributed by atoms with Crippen LogP contribution in [-0.2, 0) is 10.0 Å². The van der Waals surface area contributed by atoms with E-state index in [9.17, 15) is 28.6 Å². The number of fused-ring (bicyclic) bond motifs is 1. The molecule has 328 valence electrons. The highest BCUT2D eigenvalue weighted by Gasteiger charge is 2.31. The van der Waals surface area contributed by atoms with Gasteiger partial charge >= 0.3 is 0 Å². The quantitative estimate of drug-likeness (QED) is 0.0755. The molecule has 63 heavy (non-hydrogen) atoms. The minimum Gasteiger partial charge on any atom is -0.455 e. The highest BCUT2D eigenvalue weighted by molar-refractivity contribution is 7.90. The summed E-state index contributed by atoms with van der Waals surface area (Å²) in [5, 5.41) is 26.0. The van der Waals surface area contributed by atoms with Gasteiger partial charge in [-0.05, 0) is 116 Å². The molecule has 8 rings (SSSR count). The van der Waals surface area contributed by atoms with Crippen LogP contribution in [0, 0.1) is 38.7 Å². The number of nitrogens with one attached hydrogen (secondary N) is 3. The van der Waals surface area contributed by atoms with Crippen LogP contribution in [0.3, 0.4) is 0 Å². The first-order valence-corrected chi connectivity index (χ1v) is 23.3. The molecule has 1 saturated carbocycles. The Hall–Kier alpha value is -5.95. The third-order valence-corrected chi connectivity index (χ3v) is 14.2. The summed E-state index contributed by atoms with van der Waals surface area (Å²) in [5.41, 5.74) is 5.47. The standard InChI is InChI=1S/C47H51ClN8O6S/c1-47(2)17-15-35(41(26-47)33-7-9-36(48)10-8-33)30-54-19-21-55(22-20-54)37-11-13-40(44(24-37)62-38-23-34-16-18-50-45(34)52-29-38)46(57)53-63(60,61)39-12-14-42(43(25-39)56(58)59)51-28-32-5-3-31(27-49)4-6-32/h7-14,16,18,23-25,29,31-32,51H,3-6,15,17,19-22,26,28,30H2,1-2H3,(H,50,52)(H,53,57)/t31-,32-. The number of piperazine rings is 1. The zero-order valence-electron chi connectivity index (χ0n) is 35.4. The normalized spacial score (nSPS) is 19.4. The van der Waals surface area contributed by atoms with Crippen molar-refractivity contribution in [2.75, 3.05) is 49.5 Å². The summed E-state index contributed by atoms with van der Waals surface area (Å²) in [6.07, 6.45) is 9.66. The summed E-state index contributed by atoms with van der Waals surface area (Å²) in [6.45, 7) is 9.06. The van der Waals surface area contributed by atoms with Gasteiger partial charge in [0.1, 0.15) is 22.8 Å². The summed E-state index contributed by atoms with van der Waals surface area (Å²) in [6, 6.07) is 22.7. The number of nitro benzene ring substituents is 1. The number of H-pyrrole nitrogens is 1. The molecule has 5 aromatic rings. The fraction of sp³-hybridized carbons (Fsp3) is 0.383. The molecular weight excluding hydrogens is 840 g/mol.